The van der Waals surface area contributed by atoms with E-state index in [9.17, 15) is 4.79 Å². The zero-order valence-electron chi connectivity index (χ0n) is 9.06. The Labute approximate surface area is 89.8 Å². The van der Waals surface area contributed by atoms with E-state index in [2.05, 4.69) is 4.99 Å². The number of carbonyl (C=O) groups is 1. The first-order valence-corrected chi connectivity index (χ1v) is 5.07. The van der Waals surface area contributed by atoms with E-state index in [-0.39, 0.29) is 0 Å². The topological polar surface area (TPSA) is 38.7 Å². The van der Waals surface area contributed by atoms with Crippen molar-refractivity contribution in [3.8, 4) is 0 Å². The number of nitrogens with zero attached hydrogens (tertiary/aromatic N) is 1. The number of benzene rings is 1. The Morgan fingerprint density at radius 3 is 2.47 bits per heavy atom. The fourth-order valence-electron chi connectivity index (χ4n) is 1.24. The molecule has 0 saturated carbocycles. The monoisotopic (exact) mass is 205 g/mol. The zero-order valence-corrected chi connectivity index (χ0v) is 9.06. The second-order valence-corrected chi connectivity index (χ2v) is 2.98. The van der Waals surface area contributed by atoms with Crippen LogP contribution >= 0.6 is 0 Å². The van der Waals surface area contributed by atoms with Gasteiger partial charge in [-0.15, -0.1) is 0 Å². The lowest BCUT2D eigenvalue weighted by molar-refractivity contribution is 0.163. The molecule has 0 bridgehead atoms. The van der Waals surface area contributed by atoms with Crippen LogP contribution in [0.2, 0.25) is 0 Å². The van der Waals surface area contributed by atoms with Gasteiger partial charge in [-0.2, -0.15) is 4.99 Å². The average Bonchev–Trinajstić information content (AvgIpc) is 2.27. The van der Waals surface area contributed by atoms with Crippen molar-refractivity contribution in [1.29, 1.82) is 0 Å². The Kier molecular flexibility index (Phi) is 4.54. The second-order valence-electron chi connectivity index (χ2n) is 2.98. The van der Waals surface area contributed by atoms with Gasteiger partial charge in [0.25, 0.3) is 0 Å². The molecule has 0 spiro atoms. The standard InChI is InChI=1S/C12H15NO2/c1-3-11(13-12(14)15-4-2)10-8-6-5-7-9-10/h5-9H,3-4H2,1-2H3/b13-11-. The summed E-state index contributed by atoms with van der Waals surface area (Å²) in [5, 5.41) is 0. The molecule has 1 aromatic carbocycles. The number of hydrogen-bond acceptors (Lipinski definition) is 2. The molecule has 0 radical (unpaired) electrons. The average molecular weight is 205 g/mol. The van der Waals surface area contributed by atoms with Gasteiger partial charge < -0.3 is 4.74 Å². The summed E-state index contributed by atoms with van der Waals surface area (Å²) in [6.45, 7) is 4.08. The number of rotatable bonds is 3. The first kappa shape index (κ1) is 11.4. The first-order chi connectivity index (χ1) is 7.27. The van der Waals surface area contributed by atoms with Crippen LogP contribution in [0.15, 0.2) is 35.3 Å². The van der Waals surface area contributed by atoms with Crippen molar-refractivity contribution >= 4 is 11.8 Å². The molecule has 0 atom stereocenters. The fraction of sp³-hybridized carbons (Fsp3) is 0.333. The lowest BCUT2D eigenvalue weighted by Crippen LogP contribution is -2.05. The van der Waals surface area contributed by atoms with E-state index in [0.717, 1.165) is 11.3 Å². The van der Waals surface area contributed by atoms with E-state index in [1.807, 2.05) is 37.3 Å². The summed E-state index contributed by atoms with van der Waals surface area (Å²) in [6.07, 6.45) is 0.196. The van der Waals surface area contributed by atoms with Gasteiger partial charge in [-0.25, -0.2) is 4.79 Å². The van der Waals surface area contributed by atoms with Crippen molar-refractivity contribution in [3.05, 3.63) is 35.9 Å². The summed E-state index contributed by atoms with van der Waals surface area (Å²) >= 11 is 0. The minimum Gasteiger partial charge on any atom is -0.448 e. The summed E-state index contributed by atoms with van der Waals surface area (Å²) in [7, 11) is 0. The molecule has 0 saturated heterocycles. The van der Waals surface area contributed by atoms with Gasteiger partial charge in [0.15, 0.2) is 0 Å². The van der Waals surface area contributed by atoms with Gasteiger partial charge in [-0.05, 0) is 18.9 Å². The van der Waals surface area contributed by atoms with Crippen LogP contribution in [-0.4, -0.2) is 18.4 Å². The van der Waals surface area contributed by atoms with Crippen LogP contribution in [0, 0.1) is 0 Å². The molecule has 0 unspecified atom stereocenters. The molecule has 3 nitrogen and oxygen atoms in total. The maximum atomic E-state index is 11.2. The molecular weight excluding hydrogens is 190 g/mol. The lowest BCUT2D eigenvalue weighted by Gasteiger charge is -2.03. The van der Waals surface area contributed by atoms with Crippen molar-refractivity contribution in [2.45, 2.75) is 20.3 Å². The van der Waals surface area contributed by atoms with Gasteiger partial charge in [0.05, 0.1) is 12.3 Å². The Morgan fingerprint density at radius 1 is 1.27 bits per heavy atom. The SMILES string of the molecule is CCOC(=O)/N=C(/CC)c1ccccc1. The molecule has 0 aliphatic heterocycles. The summed E-state index contributed by atoms with van der Waals surface area (Å²) < 4.78 is 4.77. The van der Waals surface area contributed by atoms with Gasteiger partial charge in [0, 0.05) is 0 Å². The van der Waals surface area contributed by atoms with Crippen molar-refractivity contribution in [3.63, 3.8) is 0 Å². The van der Waals surface area contributed by atoms with Crippen LogP contribution < -0.4 is 0 Å². The quantitative estimate of drug-likeness (QED) is 0.711. The zero-order chi connectivity index (χ0) is 11.1. The molecule has 1 rings (SSSR count). The van der Waals surface area contributed by atoms with Gasteiger partial charge in [-0.3, -0.25) is 0 Å². The first-order valence-electron chi connectivity index (χ1n) is 5.07. The van der Waals surface area contributed by atoms with Gasteiger partial charge in [0.2, 0.25) is 0 Å². The van der Waals surface area contributed by atoms with E-state index in [1.54, 1.807) is 6.92 Å². The van der Waals surface area contributed by atoms with Crippen LogP contribution in [0.4, 0.5) is 4.79 Å². The van der Waals surface area contributed by atoms with E-state index in [1.165, 1.54) is 0 Å². The largest absolute Gasteiger partial charge is 0.448 e. The summed E-state index contributed by atoms with van der Waals surface area (Å²) in [5.41, 5.74) is 1.72. The fourth-order valence-corrected chi connectivity index (χ4v) is 1.24. The maximum Gasteiger partial charge on any atom is 0.433 e. The highest BCUT2D eigenvalue weighted by molar-refractivity contribution is 6.05. The normalized spacial score (nSPS) is 11.2. The van der Waals surface area contributed by atoms with E-state index < -0.39 is 6.09 Å². The summed E-state index contributed by atoms with van der Waals surface area (Å²) in [5.74, 6) is 0. The van der Waals surface area contributed by atoms with Crippen LogP contribution in [0.1, 0.15) is 25.8 Å². The number of amides is 1. The van der Waals surface area contributed by atoms with Crippen molar-refractivity contribution in [2.24, 2.45) is 4.99 Å². The Balaban J connectivity index is 2.84. The Morgan fingerprint density at radius 2 is 1.93 bits per heavy atom. The number of aliphatic imine (C=N–C) groups is 1. The van der Waals surface area contributed by atoms with Gasteiger partial charge >= 0.3 is 6.09 Å². The summed E-state index contributed by atoms with van der Waals surface area (Å²) in [6, 6.07) is 9.64. The van der Waals surface area contributed by atoms with Crippen LogP contribution in [0.5, 0.6) is 0 Å². The molecular formula is C12H15NO2. The maximum absolute atomic E-state index is 11.2. The minimum absolute atomic E-state index is 0.355. The van der Waals surface area contributed by atoms with Crippen molar-refractivity contribution in [2.75, 3.05) is 6.61 Å². The predicted octanol–water partition coefficient (Wildman–Crippen LogP) is 3.04. The molecule has 1 amide bonds. The molecule has 0 aromatic heterocycles. The lowest BCUT2D eigenvalue weighted by atomic mass is 10.1. The third kappa shape index (κ3) is 3.54. The van der Waals surface area contributed by atoms with Crippen LogP contribution in [0.25, 0.3) is 0 Å². The molecule has 15 heavy (non-hydrogen) atoms. The van der Waals surface area contributed by atoms with Crippen LogP contribution in [0.3, 0.4) is 0 Å². The van der Waals surface area contributed by atoms with Crippen molar-refractivity contribution in [1.82, 2.24) is 0 Å². The third-order valence-corrected chi connectivity index (χ3v) is 1.94. The molecule has 0 aliphatic rings. The number of ether oxygens (including phenoxy) is 1. The number of carbonyl (C=O) groups excluding carboxylic acids is 1. The molecule has 1 aromatic rings. The highest BCUT2D eigenvalue weighted by Crippen LogP contribution is 2.05. The Bertz CT molecular complexity index is 344. The second kappa shape index (κ2) is 5.96. The van der Waals surface area contributed by atoms with E-state index in [0.29, 0.717) is 13.0 Å². The molecule has 0 fully saturated rings. The van der Waals surface area contributed by atoms with E-state index >= 15 is 0 Å². The van der Waals surface area contributed by atoms with Gasteiger partial charge in [0.1, 0.15) is 0 Å². The molecule has 3 heteroatoms. The highest BCUT2D eigenvalue weighted by atomic mass is 16.5. The smallest absolute Gasteiger partial charge is 0.433 e. The molecule has 0 heterocycles. The van der Waals surface area contributed by atoms with Crippen LogP contribution in [-0.2, 0) is 4.74 Å². The highest BCUT2D eigenvalue weighted by Gasteiger charge is 2.04. The summed E-state index contributed by atoms with van der Waals surface area (Å²) in [4.78, 5) is 15.1. The number of hydrogen-bond donors (Lipinski definition) is 0. The third-order valence-electron chi connectivity index (χ3n) is 1.94. The minimum atomic E-state index is -0.516. The Hall–Kier alpha value is -1.64. The van der Waals surface area contributed by atoms with Crippen molar-refractivity contribution < 1.29 is 9.53 Å². The van der Waals surface area contributed by atoms with Gasteiger partial charge in [-0.1, -0.05) is 37.3 Å². The molecule has 0 aliphatic carbocycles. The molecule has 80 valence electrons. The predicted molar refractivity (Wildman–Crippen MR) is 60.3 cm³/mol. The van der Waals surface area contributed by atoms with E-state index in [4.69, 9.17) is 4.74 Å². The molecule has 0 N–H and O–H groups in total.